The number of carboxylic acid groups (broad SMARTS) is 1. The number of aromatic nitrogens is 4. The Morgan fingerprint density at radius 2 is 1.61 bits per heavy atom. The van der Waals surface area contributed by atoms with Crippen LogP contribution in [0.25, 0.3) is 26.6 Å². The van der Waals surface area contributed by atoms with Gasteiger partial charge in [0.15, 0.2) is 5.82 Å². The zero-order valence-electron chi connectivity index (χ0n) is 37.8. The van der Waals surface area contributed by atoms with Crippen LogP contribution in [0.5, 0.6) is 0 Å². The van der Waals surface area contributed by atoms with Crippen LogP contribution in [0.4, 0.5) is 0 Å². The third kappa shape index (κ3) is 9.06. The molecule has 3 aromatic carbocycles. The molecule has 0 aliphatic carbocycles. The molecular weight excluding hydrogens is 896 g/mol. The summed E-state index contributed by atoms with van der Waals surface area (Å²) in [5.74, 6) is -1.27. The van der Waals surface area contributed by atoms with E-state index in [0.717, 1.165) is 53.8 Å². The quantitative estimate of drug-likeness (QED) is 0.0989. The van der Waals surface area contributed by atoms with Gasteiger partial charge in [-0.1, -0.05) is 87.0 Å². The molecule has 4 N–H and O–H groups in total. The van der Waals surface area contributed by atoms with Crippen molar-refractivity contribution in [2.24, 2.45) is 10.4 Å². The highest BCUT2D eigenvalue weighted by molar-refractivity contribution is 7.15. The van der Waals surface area contributed by atoms with E-state index in [4.69, 9.17) is 16.6 Å². The van der Waals surface area contributed by atoms with Crippen molar-refractivity contribution in [1.29, 1.82) is 0 Å². The van der Waals surface area contributed by atoms with E-state index in [1.54, 1.807) is 40.9 Å². The summed E-state index contributed by atoms with van der Waals surface area (Å²) >= 11 is 10.0. The SMILES string of the molecule is Cc1ncsc1-c1ccc(C(C)NC(=O)[C@@H]2C[C@@H](O)CN2C(=O)C(NC(=O)c2ccc(-c3ccc(C4=N[C@@H](CC(=O)O)c5nnc(C)n5-c5sc(C)c(C)c54)cc3)c(Cl)c2)C(C)(C)C)cc1. The number of aliphatic hydroxyl groups is 1. The van der Waals surface area contributed by atoms with E-state index < -0.39 is 53.3 Å². The van der Waals surface area contributed by atoms with Crippen molar-refractivity contribution in [1.82, 2.24) is 35.3 Å². The number of aliphatic imine (C=N–C) groups is 1. The largest absolute Gasteiger partial charge is 0.481 e. The zero-order chi connectivity index (χ0) is 47.4. The first-order chi connectivity index (χ1) is 31.3. The predicted octanol–water partition coefficient (Wildman–Crippen LogP) is 8.36. The van der Waals surface area contributed by atoms with Gasteiger partial charge < -0.3 is 25.7 Å². The van der Waals surface area contributed by atoms with Gasteiger partial charge in [-0.05, 0) is 74.4 Å². The second-order valence-corrected chi connectivity index (χ2v) is 20.5. The molecule has 66 heavy (non-hydrogen) atoms. The highest BCUT2D eigenvalue weighted by Crippen LogP contribution is 2.40. The molecule has 17 heteroatoms. The number of β-amino-alcohol motifs (C(OH)–C–C–N with tert-alkyl or cyclic N) is 1. The number of hydrogen-bond acceptors (Lipinski definition) is 11. The number of benzene rings is 3. The summed E-state index contributed by atoms with van der Waals surface area (Å²) in [6, 6.07) is 17.4. The number of nitrogens with one attached hydrogen (secondary N) is 2. The highest BCUT2D eigenvalue weighted by atomic mass is 35.5. The van der Waals surface area contributed by atoms with Gasteiger partial charge in [-0.3, -0.25) is 28.7 Å². The van der Waals surface area contributed by atoms with Crippen LogP contribution in [0.15, 0.2) is 77.2 Å². The van der Waals surface area contributed by atoms with E-state index >= 15 is 0 Å². The number of fused-ring (bicyclic) bond motifs is 3. The number of aryl methyl sites for hydroxylation is 3. The molecule has 0 bridgehead atoms. The van der Waals surface area contributed by atoms with Crippen molar-refractivity contribution >= 4 is 63.7 Å². The summed E-state index contributed by atoms with van der Waals surface area (Å²) in [6.45, 7) is 15.2. The van der Waals surface area contributed by atoms with E-state index in [0.29, 0.717) is 27.9 Å². The molecule has 5 heterocycles. The van der Waals surface area contributed by atoms with Gasteiger partial charge in [0.1, 0.15) is 29.0 Å². The number of aliphatic hydroxyl groups excluding tert-OH is 1. The number of halogens is 1. The lowest BCUT2D eigenvalue weighted by Gasteiger charge is -2.35. The molecule has 2 aliphatic heterocycles. The van der Waals surface area contributed by atoms with Crippen molar-refractivity contribution in [3.05, 3.63) is 127 Å². The van der Waals surface area contributed by atoms with E-state index in [1.807, 2.05) is 114 Å². The molecule has 1 fully saturated rings. The van der Waals surface area contributed by atoms with Crippen LogP contribution in [-0.4, -0.2) is 89.0 Å². The summed E-state index contributed by atoms with van der Waals surface area (Å²) in [6.07, 6.45) is -1.11. The minimum absolute atomic E-state index is 0.0534. The molecule has 8 rings (SSSR count). The van der Waals surface area contributed by atoms with Crippen molar-refractivity contribution in [2.75, 3.05) is 6.54 Å². The molecule has 3 amide bonds. The van der Waals surface area contributed by atoms with Gasteiger partial charge in [-0.15, -0.1) is 32.9 Å². The van der Waals surface area contributed by atoms with Crippen molar-refractivity contribution in [2.45, 2.75) is 98.5 Å². The summed E-state index contributed by atoms with van der Waals surface area (Å²) in [5.41, 5.74) is 8.96. The third-order valence-corrected chi connectivity index (χ3v) is 14.8. The number of carbonyl (C=O) groups excluding carboxylic acids is 3. The average molecular weight is 948 g/mol. The lowest BCUT2D eigenvalue weighted by atomic mass is 9.85. The maximum atomic E-state index is 14.4. The van der Waals surface area contributed by atoms with Gasteiger partial charge >= 0.3 is 5.97 Å². The highest BCUT2D eigenvalue weighted by Gasteiger charge is 2.45. The molecule has 0 radical (unpaired) electrons. The van der Waals surface area contributed by atoms with Crippen molar-refractivity contribution in [3.8, 4) is 26.6 Å². The molecule has 342 valence electrons. The monoisotopic (exact) mass is 946 g/mol. The fourth-order valence-corrected chi connectivity index (χ4v) is 10.9. The minimum atomic E-state index is -1.05. The summed E-state index contributed by atoms with van der Waals surface area (Å²) in [4.78, 5) is 67.0. The van der Waals surface area contributed by atoms with Crippen molar-refractivity contribution < 1.29 is 29.4 Å². The van der Waals surface area contributed by atoms with Crippen LogP contribution in [0.3, 0.4) is 0 Å². The number of thiazole rings is 1. The van der Waals surface area contributed by atoms with Gasteiger partial charge in [0, 0.05) is 45.1 Å². The molecule has 1 saturated heterocycles. The second-order valence-electron chi connectivity index (χ2n) is 18.1. The molecule has 3 aromatic heterocycles. The molecule has 2 unspecified atom stereocenters. The summed E-state index contributed by atoms with van der Waals surface area (Å²) < 4.78 is 1.91. The van der Waals surface area contributed by atoms with E-state index in [-0.39, 0.29) is 31.0 Å². The van der Waals surface area contributed by atoms with Crippen LogP contribution in [0, 0.1) is 33.1 Å². The van der Waals surface area contributed by atoms with Crippen LogP contribution >= 0.6 is 34.3 Å². The molecule has 5 atom stereocenters. The molecule has 2 aliphatic rings. The lowest BCUT2D eigenvalue weighted by molar-refractivity contribution is -0.142. The van der Waals surface area contributed by atoms with E-state index in [2.05, 4.69) is 25.8 Å². The second kappa shape index (κ2) is 18.3. The van der Waals surface area contributed by atoms with Gasteiger partial charge in [0.2, 0.25) is 11.8 Å². The zero-order valence-corrected chi connectivity index (χ0v) is 40.2. The van der Waals surface area contributed by atoms with Crippen LogP contribution in [0.1, 0.15) is 107 Å². The Morgan fingerprint density at radius 3 is 2.24 bits per heavy atom. The van der Waals surface area contributed by atoms with Crippen LogP contribution in [0.2, 0.25) is 5.02 Å². The van der Waals surface area contributed by atoms with Crippen molar-refractivity contribution in [3.63, 3.8) is 0 Å². The number of nitrogens with zero attached hydrogens (tertiary/aromatic N) is 6. The fourth-order valence-electron chi connectivity index (χ4n) is 8.62. The summed E-state index contributed by atoms with van der Waals surface area (Å²) in [5, 5.41) is 36.4. The Morgan fingerprint density at radius 1 is 0.924 bits per heavy atom. The number of amides is 3. The fraction of sp³-hybridized carbons (Fsp3) is 0.347. The van der Waals surface area contributed by atoms with Gasteiger partial charge in [-0.25, -0.2) is 4.98 Å². The molecule has 0 saturated carbocycles. The van der Waals surface area contributed by atoms with Gasteiger partial charge in [-0.2, -0.15) is 0 Å². The average Bonchev–Trinajstić information content (AvgIpc) is 4.04. The molecular formula is C49H51ClN8O6S2. The van der Waals surface area contributed by atoms with Crippen LogP contribution < -0.4 is 10.6 Å². The third-order valence-electron chi connectivity index (χ3n) is 12.3. The number of thiophene rings is 1. The standard InChI is InChI=1S/C49H51ClN8O6S2/c1-24-27(4)66-48-40(24)41(53-37(21-39(60)61)44-56-55-28(5)58(44)48)31-13-11-30(12-14-31)35-18-17-33(19-36(35)50)45(62)54-43(49(6,7)8)47(64)57-22-34(59)20-38(57)46(63)52-25(2)29-9-15-32(16-10-29)42-26(3)51-23-65-42/h9-19,23,25,34,37-38,43,59H,20-22H2,1-8H3,(H,52,63)(H,54,62)(H,60,61)/t25?,34-,37+,38+,43?/m1/s1. The predicted molar refractivity (Wildman–Crippen MR) is 257 cm³/mol. The number of aliphatic carboxylic acids is 1. The Kier molecular flexibility index (Phi) is 12.9. The smallest absolute Gasteiger partial charge is 0.306 e. The summed E-state index contributed by atoms with van der Waals surface area (Å²) in [7, 11) is 0. The maximum Gasteiger partial charge on any atom is 0.306 e. The molecule has 6 aromatic rings. The molecule has 14 nitrogen and oxygen atoms in total. The minimum Gasteiger partial charge on any atom is -0.481 e. The number of carboxylic acids is 1. The Balaban J connectivity index is 0.980. The van der Waals surface area contributed by atoms with E-state index in [9.17, 15) is 29.4 Å². The maximum absolute atomic E-state index is 14.4. The normalized spacial score (nSPS) is 17.9. The van der Waals surface area contributed by atoms with Crippen LogP contribution in [-0.2, 0) is 14.4 Å². The van der Waals surface area contributed by atoms with E-state index in [1.165, 1.54) is 4.90 Å². The number of likely N-dealkylation sites (tertiary alicyclic amines) is 1. The first kappa shape index (κ1) is 46.5. The van der Waals surface area contributed by atoms with Gasteiger partial charge in [0.05, 0.1) is 40.4 Å². The number of carbonyl (C=O) groups is 4. The Labute approximate surface area is 395 Å². The topological polar surface area (TPSA) is 192 Å². The molecule has 0 spiro atoms. The first-order valence-corrected chi connectivity index (χ1v) is 23.7. The number of rotatable bonds is 11. The first-order valence-electron chi connectivity index (χ1n) is 21.6. The lowest BCUT2D eigenvalue weighted by Crippen LogP contribution is -2.57. The Bertz CT molecular complexity index is 2900. The van der Waals surface area contributed by atoms with Gasteiger partial charge in [0.25, 0.3) is 5.91 Å². The number of hydrogen-bond donors (Lipinski definition) is 4. The Hall–Kier alpha value is -6.07.